The second-order valence-electron chi connectivity index (χ2n) is 6.14. The van der Waals surface area contributed by atoms with Gasteiger partial charge in [-0.3, -0.25) is 0 Å². The minimum absolute atomic E-state index is 0.133. The van der Waals surface area contributed by atoms with Crippen LogP contribution < -0.4 is 14.8 Å². The van der Waals surface area contributed by atoms with Gasteiger partial charge in [0.15, 0.2) is 5.82 Å². The average molecular weight is 305 g/mol. The number of hydrogen-bond acceptors (Lipinski definition) is 6. The van der Waals surface area contributed by atoms with E-state index in [0.29, 0.717) is 17.5 Å². The van der Waals surface area contributed by atoms with Gasteiger partial charge in [0.2, 0.25) is 5.89 Å². The molecule has 1 atom stereocenters. The van der Waals surface area contributed by atoms with Gasteiger partial charge in [-0.25, -0.2) is 0 Å². The summed E-state index contributed by atoms with van der Waals surface area (Å²) in [5, 5.41) is 7.36. The molecule has 0 unspecified atom stereocenters. The highest BCUT2D eigenvalue weighted by Gasteiger charge is 2.23. The molecule has 0 aliphatic heterocycles. The van der Waals surface area contributed by atoms with Gasteiger partial charge in [-0.05, 0) is 19.1 Å². The van der Waals surface area contributed by atoms with E-state index in [1.54, 1.807) is 14.2 Å². The van der Waals surface area contributed by atoms with Crippen molar-refractivity contribution in [1.82, 2.24) is 10.1 Å². The first kappa shape index (κ1) is 16.1. The third kappa shape index (κ3) is 3.50. The maximum atomic E-state index is 5.37. The zero-order valence-electron chi connectivity index (χ0n) is 13.9. The number of nitrogens with one attached hydrogen (secondary N) is 1. The minimum atomic E-state index is -0.140. The van der Waals surface area contributed by atoms with Crippen LogP contribution in [0, 0.1) is 0 Å². The highest BCUT2D eigenvalue weighted by Crippen LogP contribution is 2.32. The van der Waals surface area contributed by atoms with Crippen LogP contribution in [0.5, 0.6) is 11.5 Å². The van der Waals surface area contributed by atoms with E-state index in [0.717, 1.165) is 11.4 Å². The van der Waals surface area contributed by atoms with Crippen LogP contribution in [0.2, 0.25) is 0 Å². The molecule has 1 aromatic carbocycles. The first-order valence-corrected chi connectivity index (χ1v) is 7.17. The highest BCUT2D eigenvalue weighted by atomic mass is 16.5. The predicted octanol–water partition coefficient (Wildman–Crippen LogP) is 3.56. The largest absolute Gasteiger partial charge is 0.497 e. The summed E-state index contributed by atoms with van der Waals surface area (Å²) < 4.78 is 15.9. The fraction of sp³-hybridized carbons (Fsp3) is 0.500. The van der Waals surface area contributed by atoms with Crippen molar-refractivity contribution in [3.8, 4) is 11.5 Å². The van der Waals surface area contributed by atoms with Crippen molar-refractivity contribution >= 4 is 5.69 Å². The SMILES string of the molecule is COc1ccc(N[C@@H](C)c2nc(C(C)(C)C)no2)c(OC)c1. The first-order valence-electron chi connectivity index (χ1n) is 7.17. The Morgan fingerprint density at radius 2 is 1.91 bits per heavy atom. The molecule has 6 nitrogen and oxygen atoms in total. The molecule has 0 saturated carbocycles. The topological polar surface area (TPSA) is 69.4 Å². The molecule has 6 heteroatoms. The molecule has 2 rings (SSSR count). The highest BCUT2D eigenvalue weighted by molar-refractivity contribution is 5.59. The van der Waals surface area contributed by atoms with Crippen LogP contribution in [0.25, 0.3) is 0 Å². The molecule has 0 bridgehead atoms. The zero-order chi connectivity index (χ0) is 16.3. The van der Waals surface area contributed by atoms with Crippen LogP contribution >= 0.6 is 0 Å². The second kappa shape index (κ2) is 6.25. The number of rotatable bonds is 5. The van der Waals surface area contributed by atoms with Gasteiger partial charge in [0.25, 0.3) is 0 Å². The van der Waals surface area contributed by atoms with E-state index < -0.39 is 0 Å². The molecule has 0 saturated heterocycles. The van der Waals surface area contributed by atoms with Crippen molar-refractivity contribution in [2.75, 3.05) is 19.5 Å². The van der Waals surface area contributed by atoms with Crippen LogP contribution in [0.4, 0.5) is 5.69 Å². The normalized spacial score (nSPS) is 12.8. The number of methoxy groups -OCH3 is 2. The molecule has 2 aromatic rings. The summed E-state index contributed by atoms with van der Waals surface area (Å²) in [6, 6.07) is 5.45. The van der Waals surface area contributed by atoms with Crippen LogP contribution in [0.3, 0.4) is 0 Å². The van der Waals surface area contributed by atoms with E-state index >= 15 is 0 Å². The Morgan fingerprint density at radius 3 is 2.45 bits per heavy atom. The fourth-order valence-electron chi connectivity index (χ4n) is 1.93. The Kier molecular flexibility index (Phi) is 4.59. The summed E-state index contributed by atoms with van der Waals surface area (Å²) in [5.74, 6) is 2.67. The van der Waals surface area contributed by atoms with Crippen LogP contribution in [0.15, 0.2) is 22.7 Å². The third-order valence-corrected chi connectivity index (χ3v) is 3.26. The second-order valence-corrected chi connectivity index (χ2v) is 6.14. The van der Waals surface area contributed by atoms with E-state index in [9.17, 15) is 0 Å². The Labute approximate surface area is 130 Å². The predicted molar refractivity (Wildman–Crippen MR) is 84.6 cm³/mol. The summed E-state index contributed by atoms with van der Waals surface area (Å²) in [6.45, 7) is 8.11. The van der Waals surface area contributed by atoms with Crippen molar-refractivity contribution in [3.05, 3.63) is 29.9 Å². The maximum Gasteiger partial charge on any atom is 0.248 e. The van der Waals surface area contributed by atoms with E-state index in [4.69, 9.17) is 14.0 Å². The molecule has 1 N–H and O–H groups in total. The van der Waals surface area contributed by atoms with Gasteiger partial charge >= 0.3 is 0 Å². The lowest BCUT2D eigenvalue weighted by atomic mass is 9.96. The van der Waals surface area contributed by atoms with Crippen LogP contribution in [0.1, 0.15) is 45.5 Å². The number of nitrogens with zero attached hydrogens (tertiary/aromatic N) is 2. The van der Waals surface area contributed by atoms with Crippen molar-refractivity contribution < 1.29 is 14.0 Å². The molecule has 0 fully saturated rings. The van der Waals surface area contributed by atoms with Gasteiger partial charge in [0.1, 0.15) is 17.5 Å². The Balaban J connectivity index is 2.18. The van der Waals surface area contributed by atoms with Gasteiger partial charge in [-0.2, -0.15) is 4.98 Å². The molecule has 0 aliphatic carbocycles. The number of ether oxygens (including phenoxy) is 2. The summed E-state index contributed by atoms with van der Waals surface area (Å²) >= 11 is 0. The van der Waals surface area contributed by atoms with Crippen molar-refractivity contribution in [1.29, 1.82) is 0 Å². The molecule has 120 valence electrons. The lowest BCUT2D eigenvalue weighted by molar-refractivity contribution is 0.353. The van der Waals surface area contributed by atoms with E-state index in [1.165, 1.54) is 0 Å². The minimum Gasteiger partial charge on any atom is -0.497 e. The molecular formula is C16H23N3O3. The molecule has 1 heterocycles. The Morgan fingerprint density at radius 1 is 1.18 bits per heavy atom. The lowest BCUT2D eigenvalue weighted by Crippen LogP contribution is -2.14. The Hall–Kier alpha value is -2.24. The van der Waals surface area contributed by atoms with E-state index in [1.807, 2.05) is 45.9 Å². The average Bonchev–Trinajstić information content (AvgIpc) is 2.97. The molecule has 0 aliphatic rings. The maximum absolute atomic E-state index is 5.37. The van der Waals surface area contributed by atoms with Crippen LogP contribution in [-0.4, -0.2) is 24.4 Å². The van der Waals surface area contributed by atoms with Gasteiger partial charge in [-0.1, -0.05) is 25.9 Å². The standard InChI is InChI=1S/C16H23N3O3/c1-10(14-18-15(19-22-14)16(2,3)4)17-12-8-7-11(20-5)9-13(12)21-6/h7-10,17H,1-6H3/t10-/m0/s1. The van der Waals surface area contributed by atoms with Crippen molar-refractivity contribution in [2.24, 2.45) is 0 Å². The summed E-state index contributed by atoms with van der Waals surface area (Å²) in [4.78, 5) is 4.46. The monoisotopic (exact) mass is 305 g/mol. The van der Waals surface area contributed by atoms with Gasteiger partial charge in [0, 0.05) is 11.5 Å². The summed E-state index contributed by atoms with van der Waals surface area (Å²) in [5.41, 5.74) is 0.700. The molecular weight excluding hydrogens is 282 g/mol. The third-order valence-electron chi connectivity index (χ3n) is 3.26. The molecule has 22 heavy (non-hydrogen) atoms. The van der Waals surface area contributed by atoms with E-state index in [2.05, 4.69) is 15.5 Å². The van der Waals surface area contributed by atoms with Gasteiger partial charge in [-0.15, -0.1) is 0 Å². The van der Waals surface area contributed by atoms with Crippen molar-refractivity contribution in [2.45, 2.75) is 39.2 Å². The van der Waals surface area contributed by atoms with Gasteiger partial charge in [0.05, 0.1) is 19.9 Å². The number of anilines is 1. The number of aromatic nitrogens is 2. The zero-order valence-corrected chi connectivity index (χ0v) is 13.9. The molecule has 0 radical (unpaired) electrons. The van der Waals surface area contributed by atoms with Gasteiger partial charge < -0.3 is 19.3 Å². The molecule has 1 aromatic heterocycles. The smallest absolute Gasteiger partial charge is 0.248 e. The summed E-state index contributed by atoms with van der Waals surface area (Å²) in [7, 11) is 3.24. The fourth-order valence-corrected chi connectivity index (χ4v) is 1.93. The Bertz CT molecular complexity index is 632. The molecule has 0 amide bonds. The molecule has 0 spiro atoms. The first-order chi connectivity index (χ1) is 10.3. The number of hydrogen-bond donors (Lipinski definition) is 1. The number of benzene rings is 1. The van der Waals surface area contributed by atoms with E-state index in [-0.39, 0.29) is 11.5 Å². The van der Waals surface area contributed by atoms with Crippen LogP contribution in [-0.2, 0) is 5.41 Å². The lowest BCUT2D eigenvalue weighted by Gasteiger charge is -2.15. The summed E-state index contributed by atoms with van der Waals surface area (Å²) in [6.07, 6.45) is 0. The van der Waals surface area contributed by atoms with Crippen molar-refractivity contribution in [3.63, 3.8) is 0 Å². The quantitative estimate of drug-likeness (QED) is 0.911.